The number of nitrogen functional groups attached to an aromatic ring is 1. The molecule has 0 unspecified atom stereocenters. The number of aryl methyl sites for hydroxylation is 1. The molecule has 19 heavy (non-hydrogen) atoms. The Morgan fingerprint density at radius 2 is 2.16 bits per heavy atom. The number of anilines is 1. The van der Waals surface area contributed by atoms with Crippen molar-refractivity contribution in [2.45, 2.75) is 25.9 Å². The van der Waals surface area contributed by atoms with E-state index >= 15 is 0 Å². The summed E-state index contributed by atoms with van der Waals surface area (Å²) in [5, 5.41) is 3.76. The van der Waals surface area contributed by atoms with Gasteiger partial charge in [-0.05, 0) is 6.42 Å². The molecule has 1 aromatic heterocycles. The van der Waals surface area contributed by atoms with Gasteiger partial charge in [0.15, 0.2) is 0 Å². The highest BCUT2D eigenvalue weighted by molar-refractivity contribution is 5.97. The van der Waals surface area contributed by atoms with Crippen molar-refractivity contribution in [1.82, 2.24) is 14.7 Å². The fourth-order valence-electron chi connectivity index (χ4n) is 1.68. The van der Waals surface area contributed by atoms with Gasteiger partial charge in [-0.3, -0.25) is 9.48 Å². The zero-order valence-corrected chi connectivity index (χ0v) is 10.9. The van der Waals surface area contributed by atoms with Gasteiger partial charge >= 0.3 is 6.18 Å². The van der Waals surface area contributed by atoms with Gasteiger partial charge in [-0.25, -0.2) is 0 Å². The van der Waals surface area contributed by atoms with Crippen LogP contribution in [0.15, 0.2) is 6.20 Å². The van der Waals surface area contributed by atoms with Gasteiger partial charge in [-0.1, -0.05) is 13.3 Å². The first-order valence-corrected chi connectivity index (χ1v) is 5.89. The van der Waals surface area contributed by atoms with Crippen LogP contribution < -0.4 is 5.73 Å². The third-order valence-corrected chi connectivity index (χ3v) is 2.61. The predicted molar refractivity (Wildman–Crippen MR) is 64.5 cm³/mol. The maximum Gasteiger partial charge on any atom is 0.406 e. The van der Waals surface area contributed by atoms with Crippen LogP contribution in [0.25, 0.3) is 0 Å². The average Bonchev–Trinajstić information content (AvgIpc) is 2.62. The predicted octanol–water partition coefficient (Wildman–Crippen LogP) is 1.81. The van der Waals surface area contributed by atoms with E-state index in [0.29, 0.717) is 12.8 Å². The van der Waals surface area contributed by atoms with Crippen molar-refractivity contribution < 1.29 is 18.0 Å². The molecule has 1 rings (SSSR count). The van der Waals surface area contributed by atoms with Gasteiger partial charge in [0.25, 0.3) is 5.91 Å². The van der Waals surface area contributed by atoms with Crippen molar-refractivity contribution in [3.05, 3.63) is 11.9 Å². The molecule has 2 N–H and O–H groups in total. The second kappa shape index (κ2) is 5.94. The monoisotopic (exact) mass is 278 g/mol. The highest BCUT2D eigenvalue weighted by Crippen LogP contribution is 2.20. The molecule has 0 fully saturated rings. The summed E-state index contributed by atoms with van der Waals surface area (Å²) in [6.07, 6.45) is -1.99. The van der Waals surface area contributed by atoms with Crippen molar-refractivity contribution in [1.29, 1.82) is 0 Å². The molecule has 5 nitrogen and oxygen atoms in total. The Hall–Kier alpha value is -1.73. The van der Waals surface area contributed by atoms with Gasteiger partial charge in [-0.2, -0.15) is 18.3 Å². The lowest BCUT2D eigenvalue weighted by Crippen LogP contribution is -2.40. The number of nitrogens with two attached hydrogens (primary N) is 1. The van der Waals surface area contributed by atoms with E-state index in [1.54, 1.807) is 0 Å². The van der Waals surface area contributed by atoms with E-state index in [9.17, 15) is 18.0 Å². The van der Waals surface area contributed by atoms with E-state index in [2.05, 4.69) is 5.10 Å². The van der Waals surface area contributed by atoms with Gasteiger partial charge in [-0.15, -0.1) is 0 Å². The highest BCUT2D eigenvalue weighted by atomic mass is 19.4. The molecule has 0 aliphatic carbocycles. The van der Waals surface area contributed by atoms with Gasteiger partial charge < -0.3 is 10.6 Å². The minimum absolute atomic E-state index is 0.0136. The first-order chi connectivity index (χ1) is 8.76. The van der Waals surface area contributed by atoms with E-state index in [4.69, 9.17) is 5.73 Å². The van der Waals surface area contributed by atoms with Crippen LogP contribution in [0.1, 0.15) is 30.3 Å². The number of hydrogen-bond donors (Lipinski definition) is 1. The van der Waals surface area contributed by atoms with Crippen LogP contribution in [0, 0.1) is 0 Å². The van der Waals surface area contributed by atoms with Crippen molar-refractivity contribution in [2.24, 2.45) is 7.05 Å². The number of amides is 1. The molecule has 0 aliphatic rings. The van der Waals surface area contributed by atoms with Crippen molar-refractivity contribution >= 4 is 11.6 Å². The van der Waals surface area contributed by atoms with Crippen LogP contribution >= 0.6 is 0 Å². The lowest BCUT2D eigenvalue weighted by molar-refractivity contribution is -0.140. The lowest BCUT2D eigenvalue weighted by atomic mass is 10.2. The number of carbonyl (C=O) groups excluding carboxylic acids is 1. The third-order valence-electron chi connectivity index (χ3n) is 2.61. The van der Waals surface area contributed by atoms with Crippen molar-refractivity contribution in [2.75, 3.05) is 18.8 Å². The van der Waals surface area contributed by atoms with Crippen LogP contribution in [-0.2, 0) is 7.05 Å². The van der Waals surface area contributed by atoms with E-state index < -0.39 is 18.6 Å². The van der Waals surface area contributed by atoms with Crippen LogP contribution in [0.3, 0.4) is 0 Å². The molecule has 1 aromatic rings. The Labute approximate surface area is 109 Å². The number of rotatable bonds is 5. The minimum atomic E-state index is -4.43. The first-order valence-electron chi connectivity index (χ1n) is 5.89. The van der Waals surface area contributed by atoms with Gasteiger partial charge in [0.1, 0.15) is 12.2 Å². The summed E-state index contributed by atoms with van der Waals surface area (Å²) in [7, 11) is 1.47. The summed E-state index contributed by atoms with van der Waals surface area (Å²) < 4.78 is 38.7. The molecule has 0 saturated carbocycles. The third kappa shape index (κ3) is 4.15. The Morgan fingerprint density at radius 3 is 2.58 bits per heavy atom. The summed E-state index contributed by atoms with van der Waals surface area (Å²) in [5.41, 5.74) is 5.63. The van der Waals surface area contributed by atoms with Gasteiger partial charge in [0, 0.05) is 13.6 Å². The maximum absolute atomic E-state index is 12.5. The number of carbonyl (C=O) groups is 1. The SMILES string of the molecule is CCCCN(CC(F)(F)F)C(=O)c1c(N)cnn1C. The molecule has 0 radical (unpaired) electrons. The summed E-state index contributed by atoms with van der Waals surface area (Å²) in [6, 6.07) is 0. The van der Waals surface area contributed by atoms with E-state index in [1.165, 1.54) is 17.9 Å². The molecule has 1 heterocycles. The molecular weight excluding hydrogens is 261 g/mol. The molecule has 8 heteroatoms. The summed E-state index contributed by atoms with van der Waals surface area (Å²) >= 11 is 0. The van der Waals surface area contributed by atoms with Crippen molar-refractivity contribution in [3.63, 3.8) is 0 Å². The molecule has 0 aromatic carbocycles. The molecule has 108 valence electrons. The zero-order chi connectivity index (χ0) is 14.6. The maximum atomic E-state index is 12.5. The largest absolute Gasteiger partial charge is 0.406 e. The number of nitrogens with zero attached hydrogens (tertiary/aromatic N) is 3. The van der Waals surface area contributed by atoms with Crippen LogP contribution in [0.4, 0.5) is 18.9 Å². The zero-order valence-electron chi connectivity index (χ0n) is 10.9. The van der Waals surface area contributed by atoms with Crippen molar-refractivity contribution in [3.8, 4) is 0 Å². The number of halogens is 3. The first kappa shape index (κ1) is 15.3. The molecule has 0 spiro atoms. The van der Waals surface area contributed by atoms with Crippen LogP contribution in [0.5, 0.6) is 0 Å². The Morgan fingerprint density at radius 1 is 1.53 bits per heavy atom. The lowest BCUT2D eigenvalue weighted by Gasteiger charge is -2.24. The topological polar surface area (TPSA) is 64.2 Å². The summed E-state index contributed by atoms with van der Waals surface area (Å²) in [6.45, 7) is 0.602. The van der Waals surface area contributed by atoms with E-state index in [0.717, 1.165) is 4.90 Å². The molecular formula is C11H17F3N4O. The fourth-order valence-corrected chi connectivity index (χ4v) is 1.68. The highest BCUT2D eigenvalue weighted by Gasteiger charge is 2.34. The number of aromatic nitrogens is 2. The molecule has 0 bridgehead atoms. The normalized spacial score (nSPS) is 11.6. The average molecular weight is 278 g/mol. The Kier molecular flexibility index (Phi) is 4.79. The minimum Gasteiger partial charge on any atom is -0.396 e. The quantitative estimate of drug-likeness (QED) is 0.893. The fraction of sp³-hybridized carbons (Fsp3) is 0.636. The molecule has 0 aliphatic heterocycles. The Balaban J connectivity index is 2.94. The second-order valence-corrected chi connectivity index (χ2v) is 4.27. The number of alkyl halides is 3. The molecule has 0 saturated heterocycles. The van der Waals surface area contributed by atoms with E-state index in [1.807, 2.05) is 6.92 Å². The van der Waals surface area contributed by atoms with E-state index in [-0.39, 0.29) is 17.9 Å². The van der Waals surface area contributed by atoms with Crippen LogP contribution in [0.2, 0.25) is 0 Å². The van der Waals surface area contributed by atoms with Crippen LogP contribution in [-0.4, -0.2) is 39.9 Å². The molecule has 1 amide bonds. The Bertz CT molecular complexity index is 422. The standard InChI is InChI=1S/C11H17F3N4O/c1-3-4-5-18(7-11(12,13)14)10(19)9-8(15)6-16-17(9)2/h6H,3-5,7,15H2,1-2H3. The number of hydrogen-bond acceptors (Lipinski definition) is 3. The van der Waals surface area contributed by atoms with Gasteiger partial charge in [0.05, 0.1) is 11.9 Å². The van der Waals surface area contributed by atoms with Gasteiger partial charge in [0.2, 0.25) is 0 Å². The second-order valence-electron chi connectivity index (χ2n) is 4.27. The summed E-state index contributed by atoms with van der Waals surface area (Å²) in [5.74, 6) is -0.747. The summed E-state index contributed by atoms with van der Waals surface area (Å²) in [4.78, 5) is 12.9. The molecule has 0 atom stereocenters. The smallest absolute Gasteiger partial charge is 0.396 e. The number of unbranched alkanes of at least 4 members (excludes halogenated alkanes) is 1.